The van der Waals surface area contributed by atoms with E-state index in [-0.39, 0.29) is 34.0 Å². The van der Waals surface area contributed by atoms with Gasteiger partial charge in [-0.1, -0.05) is 194 Å². The first-order valence-corrected chi connectivity index (χ1v) is 27.1. The van der Waals surface area contributed by atoms with E-state index in [4.69, 9.17) is 0 Å². The van der Waals surface area contributed by atoms with Gasteiger partial charge >= 0.3 is 0 Å². The summed E-state index contributed by atoms with van der Waals surface area (Å²) in [6.45, 7) is 17.8. The topological polar surface area (TPSA) is 9.72 Å². The Morgan fingerprint density at radius 1 is 0.403 bits per heavy atom. The van der Waals surface area contributed by atoms with E-state index in [1.165, 1.54) is 139 Å². The van der Waals surface area contributed by atoms with Gasteiger partial charge in [-0.25, -0.2) is 0 Å². The van der Waals surface area contributed by atoms with Crippen molar-refractivity contribution in [2.24, 2.45) is 0 Å². The Hall–Kier alpha value is -6.78. The lowest BCUT2D eigenvalue weighted by molar-refractivity contribution is 0.194. The third kappa shape index (κ3) is 5.93. The van der Waals surface area contributed by atoms with Crippen molar-refractivity contribution in [1.82, 2.24) is 0 Å². The average Bonchev–Trinajstić information content (AvgIpc) is 3.75. The van der Waals surface area contributed by atoms with Gasteiger partial charge in [0.25, 0.3) is 6.71 Å². The van der Waals surface area contributed by atoms with Crippen LogP contribution >= 0.6 is 0 Å². The molecule has 4 unspecified atom stereocenters. The molecule has 0 spiro atoms. The van der Waals surface area contributed by atoms with E-state index in [1.807, 2.05) is 0 Å². The first-order chi connectivity index (χ1) is 34.8. The van der Waals surface area contributed by atoms with Crippen LogP contribution in [-0.2, 0) is 16.2 Å². The molecule has 2 fully saturated rings. The molecular weight excluding hydrogens is 870 g/mol. The lowest BCUT2D eigenvalue weighted by Gasteiger charge is -2.53. The molecule has 4 aliphatic heterocycles. The van der Waals surface area contributed by atoms with Crippen molar-refractivity contribution in [1.29, 1.82) is 0 Å². The van der Waals surface area contributed by atoms with Crippen molar-refractivity contribution >= 4 is 62.9 Å². The lowest BCUT2D eigenvalue weighted by atomic mass is 9.33. The zero-order chi connectivity index (χ0) is 48.9. The number of fused-ring (bicyclic) bond motifs is 10. The van der Waals surface area contributed by atoms with Crippen LogP contribution in [-0.4, -0.2) is 17.8 Å². The van der Waals surface area contributed by atoms with Crippen molar-refractivity contribution in [2.75, 3.05) is 14.7 Å². The van der Waals surface area contributed by atoms with Crippen molar-refractivity contribution in [3.8, 4) is 33.4 Å². The molecule has 4 heterocycles. The van der Waals surface area contributed by atoms with Crippen LogP contribution in [0, 0.1) is 0 Å². The maximum absolute atomic E-state index is 2.95. The van der Waals surface area contributed by atoms with Crippen LogP contribution in [0.3, 0.4) is 0 Å². The third-order valence-corrected chi connectivity index (χ3v) is 19.7. The highest BCUT2D eigenvalue weighted by molar-refractivity contribution is 7.00. The summed E-state index contributed by atoms with van der Waals surface area (Å²) >= 11 is 0. The molecule has 3 nitrogen and oxygen atoms in total. The van der Waals surface area contributed by atoms with Gasteiger partial charge in [0.15, 0.2) is 0 Å². The van der Waals surface area contributed by atoms with Gasteiger partial charge in [-0.15, -0.1) is 0 Å². The highest BCUT2D eigenvalue weighted by atomic mass is 15.3. The van der Waals surface area contributed by atoms with Crippen LogP contribution in [0.15, 0.2) is 176 Å². The summed E-state index contributed by atoms with van der Waals surface area (Å²) in [7, 11) is 0. The minimum atomic E-state index is -0.129. The van der Waals surface area contributed by atoms with Gasteiger partial charge in [0, 0.05) is 50.6 Å². The van der Waals surface area contributed by atoms with Crippen LogP contribution in [0.5, 0.6) is 0 Å². The van der Waals surface area contributed by atoms with E-state index in [1.54, 1.807) is 5.56 Å². The molecule has 6 aliphatic rings. The molecule has 2 saturated carbocycles. The summed E-state index contributed by atoms with van der Waals surface area (Å²) in [6, 6.07) is 67.9. The van der Waals surface area contributed by atoms with Gasteiger partial charge in [-0.05, 0) is 154 Å². The second-order valence-corrected chi connectivity index (χ2v) is 24.3. The molecule has 0 N–H and O–H groups in total. The summed E-state index contributed by atoms with van der Waals surface area (Å²) in [5, 5.41) is 0. The number of benzene rings is 8. The molecule has 72 heavy (non-hydrogen) atoms. The zero-order valence-corrected chi connectivity index (χ0v) is 43.3. The molecule has 14 rings (SSSR count). The van der Waals surface area contributed by atoms with Crippen LogP contribution in [0.1, 0.15) is 117 Å². The Balaban J connectivity index is 1.09. The Bertz CT molecular complexity index is 3490. The smallest absolute Gasteiger partial charge is 0.252 e. The number of anilines is 7. The molecule has 8 aromatic carbocycles. The molecule has 0 bridgehead atoms. The predicted molar refractivity (Wildman–Crippen MR) is 306 cm³/mol. The molecule has 4 heteroatoms. The van der Waals surface area contributed by atoms with Crippen molar-refractivity contribution in [3.63, 3.8) is 0 Å². The molecule has 0 amide bonds. The summed E-state index contributed by atoms with van der Waals surface area (Å²) in [4.78, 5) is 8.46. The average molecular weight is 936 g/mol. The Morgan fingerprint density at radius 2 is 0.903 bits per heavy atom. The number of nitrogens with zero attached hydrogens (tertiary/aromatic N) is 3. The molecule has 8 aromatic rings. The fraction of sp³-hybridized carbons (Fsp3) is 0.294. The quantitative estimate of drug-likeness (QED) is 0.159. The Morgan fingerprint density at radius 3 is 1.51 bits per heavy atom. The van der Waals surface area contributed by atoms with E-state index in [0.717, 1.165) is 12.8 Å². The standard InChI is InChI=1S/C68H66BN3/c1-64(2,3)51-41-55-63-57(42-51)69-56-40-50(47-25-15-10-16-26-47)30-34-59(56)70(52-31-27-48(28-32-52)45-21-11-8-12-22-45)60-43-53(44-61(62(60)69)72(63)68(7)38-20-18-36-66(55,68)5)71-58-33-29-49(46-23-13-9-14-24-46)39-54(58)65(4)35-17-19-37-67(65,71)6/h8-16,21-34,39-44H,17-20,35-38H2,1-7H3. The molecule has 0 radical (unpaired) electrons. The number of hydrogen-bond acceptors (Lipinski definition) is 3. The van der Waals surface area contributed by atoms with Crippen molar-refractivity contribution in [2.45, 2.75) is 127 Å². The summed E-state index contributed by atoms with van der Waals surface area (Å²) < 4.78 is 0. The van der Waals surface area contributed by atoms with E-state index < -0.39 is 0 Å². The third-order valence-electron chi connectivity index (χ3n) is 19.7. The normalized spacial score (nSPS) is 24.3. The van der Waals surface area contributed by atoms with E-state index in [2.05, 4.69) is 239 Å². The SMILES string of the molecule is CC(C)(C)c1cc2c3c(c1)C1(C)CCCCC1(C)N3c1cc(N3c4ccc(-c5ccccc5)cc4C4(C)CCCCC34C)cc3c1B2c1cc(-c2ccccc2)ccc1N3c1ccc(-c2ccccc2)cc1. The minimum absolute atomic E-state index is 0.0172. The van der Waals surface area contributed by atoms with E-state index >= 15 is 0 Å². The highest BCUT2D eigenvalue weighted by Crippen LogP contribution is 2.65. The van der Waals surface area contributed by atoms with Gasteiger partial charge in [0.05, 0.1) is 11.1 Å². The Kier molecular flexibility index (Phi) is 9.39. The van der Waals surface area contributed by atoms with Crippen molar-refractivity contribution < 1.29 is 0 Å². The highest BCUT2D eigenvalue weighted by Gasteiger charge is 2.63. The van der Waals surface area contributed by atoms with Gasteiger partial charge in [0.2, 0.25) is 0 Å². The van der Waals surface area contributed by atoms with Crippen LogP contribution < -0.4 is 31.1 Å². The second-order valence-electron chi connectivity index (χ2n) is 24.3. The summed E-state index contributed by atoms with van der Waals surface area (Å²) in [5.41, 5.74) is 25.4. The van der Waals surface area contributed by atoms with Crippen LogP contribution in [0.2, 0.25) is 0 Å². The minimum Gasteiger partial charge on any atom is -0.335 e. The maximum Gasteiger partial charge on any atom is 0.252 e. The van der Waals surface area contributed by atoms with Gasteiger partial charge in [0.1, 0.15) is 0 Å². The molecular formula is C68H66BN3. The van der Waals surface area contributed by atoms with Gasteiger partial charge in [-0.3, -0.25) is 0 Å². The van der Waals surface area contributed by atoms with Gasteiger partial charge in [-0.2, -0.15) is 0 Å². The second kappa shape index (κ2) is 15.4. The maximum atomic E-state index is 2.95. The number of hydrogen-bond donors (Lipinski definition) is 0. The summed E-state index contributed by atoms with van der Waals surface area (Å²) in [5.74, 6) is 0. The van der Waals surface area contributed by atoms with Gasteiger partial charge < -0.3 is 14.7 Å². The monoisotopic (exact) mass is 936 g/mol. The molecule has 0 saturated heterocycles. The molecule has 0 aromatic heterocycles. The molecule has 4 atom stereocenters. The molecule has 2 aliphatic carbocycles. The predicted octanol–water partition coefficient (Wildman–Crippen LogP) is 16.1. The zero-order valence-electron chi connectivity index (χ0n) is 43.3. The Labute approximate surface area is 428 Å². The van der Waals surface area contributed by atoms with E-state index in [9.17, 15) is 0 Å². The fourth-order valence-corrected chi connectivity index (χ4v) is 15.4. The lowest BCUT2D eigenvalue weighted by Crippen LogP contribution is -2.64. The molecule has 356 valence electrons. The van der Waals surface area contributed by atoms with Crippen LogP contribution in [0.4, 0.5) is 39.8 Å². The van der Waals surface area contributed by atoms with Crippen LogP contribution in [0.25, 0.3) is 33.4 Å². The largest absolute Gasteiger partial charge is 0.335 e. The van der Waals surface area contributed by atoms with E-state index in [0.29, 0.717) is 0 Å². The summed E-state index contributed by atoms with van der Waals surface area (Å²) in [6.07, 6.45) is 9.67. The van der Waals surface area contributed by atoms with Crippen molar-refractivity contribution in [3.05, 3.63) is 193 Å². The fourth-order valence-electron chi connectivity index (χ4n) is 15.4. The first kappa shape index (κ1) is 44.0. The first-order valence-electron chi connectivity index (χ1n) is 27.1. The number of rotatable bonds is 5.